The number of nitrogens with two attached hydrogens (primary N) is 5. The highest BCUT2D eigenvalue weighted by atomic mass is 79.9. The minimum atomic E-state index is -1.01. The Kier molecular flexibility index (Phi) is 51.5. The third-order valence-corrected chi connectivity index (χ3v) is 24.7. The van der Waals surface area contributed by atoms with Crippen LogP contribution < -0.4 is 44.6 Å². The van der Waals surface area contributed by atoms with Gasteiger partial charge in [0.15, 0.2) is 0 Å². The molecule has 11 aromatic rings. The van der Waals surface area contributed by atoms with Gasteiger partial charge in [0.2, 0.25) is 0 Å². The van der Waals surface area contributed by atoms with Crippen LogP contribution in [0.3, 0.4) is 0 Å². The molecular weight excluding hydrogens is 2060 g/mol. The van der Waals surface area contributed by atoms with Crippen molar-refractivity contribution in [3.05, 3.63) is 211 Å². The van der Waals surface area contributed by atoms with Crippen molar-refractivity contribution in [2.75, 3.05) is 131 Å². The number of thiol groups is 1. The van der Waals surface area contributed by atoms with E-state index in [1.807, 2.05) is 68.4 Å². The van der Waals surface area contributed by atoms with E-state index in [1.165, 1.54) is 166 Å². The Morgan fingerprint density at radius 1 is 0.426 bits per heavy atom. The van der Waals surface area contributed by atoms with E-state index in [2.05, 4.69) is 72.9 Å². The Hall–Kier alpha value is -13.1. The fraction of sp³-hybridized carbons (Fsp3) is 0.316. The number of fused-ring (bicyclic) bond motifs is 4. The lowest BCUT2D eigenvalue weighted by atomic mass is 10.1. The number of nitrogen functional groups attached to an aromatic ring is 3. The van der Waals surface area contributed by atoms with Crippen LogP contribution in [0, 0.1) is 17.2 Å². The third-order valence-electron chi connectivity index (χ3n) is 17.7. The number of methoxy groups -OCH3 is 11. The molecule has 760 valence electrons. The van der Waals surface area contributed by atoms with Gasteiger partial charge in [0.25, 0.3) is 0 Å². The number of esters is 12. The maximum atomic E-state index is 12.2. The van der Waals surface area contributed by atoms with Crippen LogP contribution in [-0.2, 0) is 71.2 Å². The van der Waals surface area contributed by atoms with Gasteiger partial charge in [-0.3, -0.25) is 9.59 Å². The van der Waals surface area contributed by atoms with Crippen molar-refractivity contribution in [1.29, 1.82) is 5.26 Å². The number of nitriles is 1. The minimum absolute atomic E-state index is 0.0333. The number of nitrogens with one attached hydrogen (secondary N) is 3. The molecular formula is C95H109BrCl3N9O28S5. The van der Waals surface area contributed by atoms with E-state index < -0.39 is 83.0 Å². The van der Waals surface area contributed by atoms with Gasteiger partial charge >= 0.3 is 83.7 Å². The number of nitrogens with zero attached hydrogens (tertiary/aromatic N) is 1. The number of carbonyl (C=O) groups excluding carboxylic acids is 13. The Morgan fingerprint density at radius 2 is 0.745 bits per heavy atom. The number of ether oxygens (including phenoxy) is 13. The van der Waals surface area contributed by atoms with Crippen LogP contribution in [0.5, 0.6) is 0 Å². The van der Waals surface area contributed by atoms with Crippen LogP contribution in [0.2, 0.25) is 15.1 Å². The van der Waals surface area contributed by atoms with Crippen LogP contribution in [0.25, 0.3) is 40.3 Å². The van der Waals surface area contributed by atoms with Crippen molar-refractivity contribution in [3.63, 3.8) is 0 Å². The van der Waals surface area contributed by atoms with Gasteiger partial charge < -0.3 is 111 Å². The highest BCUT2D eigenvalue weighted by Gasteiger charge is 2.27. The average Bonchev–Trinajstić information content (AvgIpc) is 1.65. The van der Waals surface area contributed by atoms with Crippen LogP contribution in [-0.4, -0.2) is 216 Å². The van der Waals surface area contributed by atoms with E-state index in [-0.39, 0.29) is 58.9 Å². The summed E-state index contributed by atoms with van der Waals surface area (Å²) in [6.45, 7) is 17.9. The molecule has 11 rings (SSSR count). The van der Waals surface area contributed by atoms with Gasteiger partial charge in [-0.05, 0) is 205 Å². The molecule has 0 aliphatic rings. The third kappa shape index (κ3) is 38.8. The average molecular weight is 2170 g/mol. The number of hydrogen-bond donors (Lipinski definition) is 10. The van der Waals surface area contributed by atoms with Gasteiger partial charge in [-0.1, -0.05) is 41.7 Å². The highest BCUT2D eigenvalue weighted by molar-refractivity contribution is 9.10. The smallest absolute Gasteiger partial charge is 0.407 e. The molecule has 0 fully saturated rings. The lowest BCUT2D eigenvalue weighted by Gasteiger charge is -2.21. The second-order valence-corrected chi connectivity index (χ2v) is 37.2. The van der Waals surface area contributed by atoms with Crippen molar-refractivity contribution >= 4 is 261 Å². The molecule has 0 radical (unpaired) electrons. The number of hydrogen-bond acceptors (Lipinski definition) is 40. The number of amides is 1. The quantitative estimate of drug-likeness (QED) is 0.0130. The van der Waals surface area contributed by atoms with Crippen LogP contribution in [0.4, 0.5) is 33.2 Å². The number of carboxylic acid groups (broad SMARTS) is 1. The van der Waals surface area contributed by atoms with Crippen LogP contribution in [0.1, 0.15) is 185 Å². The number of thiophene rings is 4. The Balaban J connectivity index is 0.000000419. The van der Waals surface area contributed by atoms with E-state index in [0.29, 0.717) is 120 Å². The summed E-state index contributed by atoms with van der Waals surface area (Å²) in [7, 11) is 14.5. The van der Waals surface area contributed by atoms with Crippen LogP contribution >= 0.6 is 109 Å². The molecule has 0 spiro atoms. The Bertz CT molecular complexity index is 6210. The fourth-order valence-corrected chi connectivity index (χ4v) is 16.4. The normalized spacial score (nSPS) is 10.9. The standard InChI is InChI=1S/C21H27NO6S.C15H18N2O4S.C12H9BrO4S.C12H11NO4S.C9H6ClNO2.C8H8ClNO2.C8H18N2O2.C7H6ClNO2.C3H6O2S/c1-12(9-16(23)28-21(2,3)4)11-22-17-14-10-13(19(24)26-5)7-8-15(14)29-18(17)20(25)27-6;1-8(16)7-17-12-10-6-9(14(18)20-2)4-5-11(10)22-13(12)15(19)21-3;2*1-16-11(14)6-3-4-8-7(5-6)9(13)10(18-8)12(15)17-2;1-13-9(12)6-2-3-8(10)7(4-6)5-11;1-12-8(11)5-2-3-6(9)7(10)4-5;1-6(5-9)10-7(11)12-8(2,3)4;8-5-2-1-4(7(10)11)3-6(5)9;1-5-3(4)2-6/h7-8,10,12,22H,9,11H2,1-6H3;4-6,8,17H,7,16H2,1-3H3;3-5H,1-2H3;3-5H,13H2,1-2H3;2-4H,1H3;2-4H,10H2,1H3;6H,5,9H2,1-4H3,(H,10,11);1-3H,9H2,(H,10,11);6H,2H2,1H3/t12-;8-;;;;;6-;;/m01....1../s1. The van der Waals surface area contributed by atoms with Gasteiger partial charge in [0.05, 0.1) is 176 Å². The SMILES string of the molecule is COC(=O)CS.COC(=O)c1ccc(Cl)c(C#N)c1.COC(=O)c1ccc(Cl)c(N)c1.COC(=O)c1ccc2sc(C(=O)OC)c(Br)c2c1.COC(=O)c1ccc2sc(C(=O)OC)c(N)c2c1.COC(=O)c1ccc2sc(C(=O)OC)c(NC[C@@H](C)CC(=O)OC(C)(C)C)c2c1.COC(=O)c1ccc2sc(C(=O)OC)c(NC[C@@H](C)N)c2c1.C[C@H](CN)NC(=O)OC(C)(C)C.Nc1cc(C(=O)O)ccc1Cl. The molecule has 14 N–H and O–H groups in total. The van der Waals surface area contributed by atoms with Crippen LogP contribution in [0.15, 0.2) is 132 Å². The largest absolute Gasteiger partial charge is 0.478 e. The zero-order chi connectivity index (χ0) is 107. The molecule has 0 unspecified atom stereocenters. The molecule has 141 heavy (non-hydrogen) atoms. The number of benzene rings is 7. The summed E-state index contributed by atoms with van der Waals surface area (Å²) < 4.78 is 65.5. The number of anilines is 5. The predicted molar refractivity (Wildman–Crippen MR) is 552 cm³/mol. The van der Waals surface area contributed by atoms with Crippen molar-refractivity contribution in [2.45, 2.75) is 92.0 Å². The van der Waals surface area contributed by atoms with E-state index >= 15 is 0 Å². The lowest BCUT2D eigenvalue weighted by Crippen LogP contribution is -2.41. The molecule has 0 saturated heterocycles. The maximum absolute atomic E-state index is 12.2. The maximum Gasteiger partial charge on any atom is 0.407 e. The number of rotatable bonds is 22. The second-order valence-electron chi connectivity index (χ2n) is 30.7. The first-order valence-electron chi connectivity index (χ1n) is 41.2. The van der Waals surface area contributed by atoms with E-state index in [9.17, 15) is 67.1 Å². The van der Waals surface area contributed by atoms with Gasteiger partial charge in [0.1, 0.15) is 36.8 Å². The minimum Gasteiger partial charge on any atom is -0.478 e. The molecule has 0 saturated carbocycles. The van der Waals surface area contributed by atoms with Crippen molar-refractivity contribution in [2.24, 2.45) is 17.4 Å². The molecule has 0 aliphatic carbocycles. The fourth-order valence-electron chi connectivity index (χ4n) is 10.9. The summed E-state index contributed by atoms with van der Waals surface area (Å²) in [5, 5.41) is 30.2. The monoisotopic (exact) mass is 2170 g/mol. The summed E-state index contributed by atoms with van der Waals surface area (Å²) in [6, 6.07) is 35.3. The zero-order valence-corrected chi connectivity index (χ0v) is 88.3. The highest BCUT2D eigenvalue weighted by Crippen LogP contribution is 2.41. The predicted octanol–water partition coefficient (Wildman–Crippen LogP) is 18.1. The van der Waals surface area contributed by atoms with Crippen molar-refractivity contribution < 1.29 is 134 Å². The summed E-state index contributed by atoms with van der Waals surface area (Å²) in [6.07, 6.45) is -0.173. The molecule has 37 nitrogen and oxygen atoms in total. The zero-order valence-electron chi connectivity index (χ0n) is 80.3. The first-order valence-corrected chi connectivity index (χ1v) is 47.0. The first-order chi connectivity index (χ1) is 66.3. The lowest BCUT2D eigenvalue weighted by molar-refractivity contribution is -0.155. The topological polar surface area (TPSA) is 569 Å². The molecule has 3 atom stereocenters. The molecule has 46 heteroatoms. The molecule has 7 aromatic carbocycles. The summed E-state index contributed by atoms with van der Waals surface area (Å²) in [4.78, 5) is 161. The van der Waals surface area contributed by atoms with Gasteiger partial charge in [-0.15, -0.1) is 45.3 Å². The Labute approximate surface area is 857 Å². The summed E-state index contributed by atoms with van der Waals surface area (Å²) in [5.41, 5.74) is 31.8. The molecule has 1 amide bonds. The van der Waals surface area contributed by atoms with Gasteiger partial charge in [-0.25, -0.2) is 57.5 Å². The van der Waals surface area contributed by atoms with E-state index in [4.69, 9.17) is 107 Å². The van der Waals surface area contributed by atoms with Crippen molar-refractivity contribution in [3.8, 4) is 6.07 Å². The number of alkyl carbamates (subject to hydrolysis) is 1. The van der Waals surface area contributed by atoms with E-state index in [0.717, 1.165) is 35.0 Å². The number of halogens is 4. The first kappa shape index (κ1) is 122. The molecule has 4 aromatic heterocycles. The summed E-state index contributed by atoms with van der Waals surface area (Å²) >= 11 is 29.0. The molecule has 0 bridgehead atoms. The number of carboxylic acids is 1. The molecule has 4 heterocycles. The number of carbonyl (C=O) groups is 14. The van der Waals surface area contributed by atoms with Gasteiger partial charge in [-0.2, -0.15) is 17.9 Å². The summed E-state index contributed by atoms with van der Waals surface area (Å²) in [5.74, 6) is -5.84. The second kappa shape index (κ2) is 59.5. The van der Waals surface area contributed by atoms with Gasteiger partial charge in [0, 0.05) is 78.5 Å². The van der Waals surface area contributed by atoms with Crippen molar-refractivity contribution in [1.82, 2.24) is 5.32 Å². The van der Waals surface area contributed by atoms with E-state index in [1.54, 1.807) is 84.9 Å². The number of aromatic carboxylic acids is 1. The molecule has 0 aliphatic heterocycles. The Morgan fingerprint density at radius 3 is 1.10 bits per heavy atom.